The molecule has 1 unspecified atom stereocenters. The molecule has 0 aliphatic heterocycles. The second-order valence-electron chi connectivity index (χ2n) is 5.89. The lowest BCUT2D eigenvalue weighted by Gasteiger charge is -2.20. The largest absolute Gasteiger partial charge is 0.496 e. The number of hydrogen-bond donors (Lipinski definition) is 2. The van der Waals surface area contributed by atoms with Crippen LogP contribution >= 0.6 is 0 Å². The van der Waals surface area contributed by atoms with Crippen molar-refractivity contribution in [3.8, 4) is 5.75 Å². The zero-order chi connectivity index (χ0) is 17.5. The number of nitrogens with one attached hydrogen (secondary N) is 2. The molecule has 0 amide bonds. The van der Waals surface area contributed by atoms with Crippen LogP contribution in [0.25, 0.3) is 0 Å². The fourth-order valence-electron chi connectivity index (χ4n) is 2.55. The van der Waals surface area contributed by atoms with E-state index in [1.807, 2.05) is 36.1 Å². The van der Waals surface area contributed by atoms with Crippen LogP contribution in [0.4, 0.5) is 0 Å². The molecule has 0 bridgehead atoms. The first-order chi connectivity index (χ1) is 11.5. The van der Waals surface area contributed by atoms with Crippen molar-refractivity contribution in [2.45, 2.75) is 33.4 Å². The smallest absolute Gasteiger partial charge is 0.191 e. The number of aryl methyl sites for hydroxylation is 2. The molecule has 1 atom stereocenters. The predicted octanol–water partition coefficient (Wildman–Crippen LogP) is 2.43. The van der Waals surface area contributed by atoms with Crippen molar-refractivity contribution < 1.29 is 4.74 Å². The van der Waals surface area contributed by atoms with Gasteiger partial charge in [-0.1, -0.05) is 17.7 Å². The molecule has 0 spiro atoms. The highest BCUT2D eigenvalue weighted by Gasteiger charge is 2.13. The van der Waals surface area contributed by atoms with Crippen LogP contribution in [-0.2, 0) is 6.54 Å². The molecule has 130 valence electrons. The molecule has 2 rings (SSSR count). The van der Waals surface area contributed by atoms with Crippen LogP contribution in [0, 0.1) is 13.8 Å². The van der Waals surface area contributed by atoms with Gasteiger partial charge >= 0.3 is 0 Å². The van der Waals surface area contributed by atoms with Crippen molar-refractivity contribution in [3.05, 3.63) is 47.3 Å². The maximum atomic E-state index is 5.47. The zero-order valence-corrected chi connectivity index (χ0v) is 15.1. The van der Waals surface area contributed by atoms with E-state index >= 15 is 0 Å². The van der Waals surface area contributed by atoms with Crippen LogP contribution in [-0.4, -0.2) is 36.4 Å². The summed E-state index contributed by atoms with van der Waals surface area (Å²) < 4.78 is 7.39. The fraction of sp³-hybridized carbons (Fsp3) is 0.444. The first-order valence-electron chi connectivity index (χ1n) is 8.14. The first-order valence-corrected chi connectivity index (χ1v) is 8.14. The molecule has 6 nitrogen and oxygen atoms in total. The molecule has 2 aromatic rings. The molecule has 2 N–H and O–H groups in total. The Balaban J connectivity index is 1.93. The van der Waals surface area contributed by atoms with Crippen LogP contribution in [0.15, 0.2) is 35.6 Å². The Bertz CT molecular complexity index is 692. The van der Waals surface area contributed by atoms with Crippen molar-refractivity contribution >= 4 is 5.96 Å². The van der Waals surface area contributed by atoms with Gasteiger partial charge in [-0.25, -0.2) is 0 Å². The monoisotopic (exact) mass is 329 g/mol. The van der Waals surface area contributed by atoms with Crippen LogP contribution in [0.1, 0.15) is 29.7 Å². The zero-order valence-electron chi connectivity index (χ0n) is 15.1. The van der Waals surface area contributed by atoms with E-state index in [2.05, 4.69) is 40.6 Å². The number of aliphatic imine (C=N–C) groups is 1. The molecule has 1 aromatic heterocycles. The molecule has 6 heteroatoms. The minimum atomic E-state index is 0.0815. The lowest BCUT2D eigenvalue weighted by Crippen LogP contribution is -2.40. The van der Waals surface area contributed by atoms with Gasteiger partial charge in [0.25, 0.3) is 0 Å². The van der Waals surface area contributed by atoms with Gasteiger partial charge in [0.2, 0.25) is 0 Å². The van der Waals surface area contributed by atoms with Gasteiger partial charge in [0, 0.05) is 25.4 Å². The summed E-state index contributed by atoms with van der Waals surface area (Å²) in [6.45, 7) is 7.75. The van der Waals surface area contributed by atoms with Gasteiger partial charge in [0.1, 0.15) is 5.75 Å². The van der Waals surface area contributed by atoms with Crippen molar-refractivity contribution in [2.24, 2.45) is 4.99 Å². The fourth-order valence-corrected chi connectivity index (χ4v) is 2.55. The molecule has 0 saturated heterocycles. The number of nitrogens with zero attached hydrogens (tertiary/aromatic N) is 3. The Morgan fingerprint density at radius 1 is 1.33 bits per heavy atom. The van der Waals surface area contributed by atoms with Gasteiger partial charge in [-0.05, 0) is 32.4 Å². The summed E-state index contributed by atoms with van der Waals surface area (Å²) in [6, 6.07) is 6.27. The van der Waals surface area contributed by atoms with Gasteiger partial charge in [-0.3, -0.25) is 9.67 Å². The third-order valence-electron chi connectivity index (χ3n) is 3.82. The molecule has 24 heavy (non-hydrogen) atoms. The van der Waals surface area contributed by atoms with E-state index in [1.54, 1.807) is 14.2 Å². The summed E-state index contributed by atoms with van der Waals surface area (Å²) in [5, 5.41) is 11.0. The number of methoxy groups -OCH3 is 1. The van der Waals surface area contributed by atoms with Gasteiger partial charge in [-0.15, -0.1) is 0 Å². The molecular weight excluding hydrogens is 302 g/mol. The highest BCUT2D eigenvalue weighted by Crippen LogP contribution is 2.25. The minimum absolute atomic E-state index is 0.0815. The normalized spacial score (nSPS) is 12.8. The third kappa shape index (κ3) is 4.75. The van der Waals surface area contributed by atoms with Gasteiger partial charge in [-0.2, -0.15) is 5.10 Å². The number of guanidine groups is 1. The molecule has 1 heterocycles. The standard InChI is InChI=1S/C18H27N5O/c1-13-6-7-17(24-5)16(10-13)15(3)22-18(19-4)20-8-9-23-12-14(2)11-21-23/h6-7,10-12,15H,8-9H2,1-5H3,(H2,19,20,22). The van der Waals surface area contributed by atoms with Gasteiger partial charge in [0.05, 0.1) is 25.9 Å². The van der Waals surface area contributed by atoms with E-state index < -0.39 is 0 Å². The average Bonchev–Trinajstić information content (AvgIpc) is 2.99. The number of hydrogen-bond acceptors (Lipinski definition) is 3. The molecule has 0 saturated carbocycles. The molecule has 1 aromatic carbocycles. The molecule has 0 aliphatic carbocycles. The second kappa shape index (κ2) is 8.38. The van der Waals surface area contributed by atoms with Gasteiger partial charge < -0.3 is 15.4 Å². The van der Waals surface area contributed by atoms with Crippen LogP contribution in [0.5, 0.6) is 5.75 Å². The van der Waals surface area contributed by atoms with E-state index in [-0.39, 0.29) is 6.04 Å². The number of benzene rings is 1. The van der Waals surface area contributed by atoms with E-state index in [0.29, 0.717) is 0 Å². The summed E-state index contributed by atoms with van der Waals surface area (Å²) in [6.07, 6.45) is 3.89. The molecular formula is C18H27N5O. The van der Waals surface area contributed by atoms with E-state index in [0.717, 1.165) is 35.9 Å². The third-order valence-corrected chi connectivity index (χ3v) is 3.82. The SMILES string of the molecule is CN=C(NCCn1cc(C)cn1)NC(C)c1cc(C)ccc1OC. The maximum Gasteiger partial charge on any atom is 0.191 e. The summed E-state index contributed by atoms with van der Waals surface area (Å²) in [7, 11) is 3.47. The Labute approximate surface area is 143 Å². The predicted molar refractivity (Wildman–Crippen MR) is 97.6 cm³/mol. The summed E-state index contributed by atoms with van der Waals surface area (Å²) in [5.74, 6) is 1.64. The van der Waals surface area contributed by atoms with Crippen LogP contribution < -0.4 is 15.4 Å². The topological polar surface area (TPSA) is 63.5 Å². The lowest BCUT2D eigenvalue weighted by molar-refractivity contribution is 0.405. The van der Waals surface area contributed by atoms with Crippen molar-refractivity contribution in [3.63, 3.8) is 0 Å². The highest BCUT2D eigenvalue weighted by atomic mass is 16.5. The number of ether oxygens (including phenoxy) is 1. The van der Waals surface area contributed by atoms with Crippen molar-refractivity contribution in [1.82, 2.24) is 20.4 Å². The number of rotatable bonds is 6. The summed E-state index contributed by atoms with van der Waals surface area (Å²) in [5.41, 5.74) is 3.48. The van der Waals surface area contributed by atoms with E-state index in [9.17, 15) is 0 Å². The highest BCUT2D eigenvalue weighted by molar-refractivity contribution is 5.80. The van der Waals surface area contributed by atoms with E-state index in [1.165, 1.54) is 5.56 Å². The summed E-state index contributed by atoms with van der Waals surface area (Å²) >= 11 is 0. The quantitative estimate of drug-likeness (QED) is 0.631. The number of aromatic nitrogens is 2. The second-order valence-corrected chi connectivity index (χ2v) is 5.89. The maximum absolute atomic E-state index is 5.47. The Kier molecular flexibility index (Phi) is 6.23. The molecule has 0 fully saturated rings. The molecule has 0 radical (unpaired) electrons. The van der Waals surface area contributed by atoms with Crippen LogP contribution in [0.2, 0.25) is 0 Å². The molecule has 0 aliphatic rings. The van der Waals surface area contributed by atoms with E-state index in [4.69, 9.17) is 4.74 Å². The Morgan fingerprint density at radius 3 is 2.75 bits per heavy atom. The first kappa shape index (κ1) is 17.8. The van der Waals surface area contributed by atoms with Crippen molar-refractivity contribution in [2.75, 3.05) is 20.7 Å². The Hall–Kier alpha value is -2.50. The van der Waals surface area contributed by atoms with Crippen molar-refractivity contribution in [1.29, 1.82) is 0 Å². The van der Waals surface area contributed by atoms with Gasteiger partial charge in [0.15, 0.2) is 5.96 Å². The van der Waals surface area contributed by atoms with Crippen LogP contribution in [0.3, 0.4) is 0 Å². The Morgan fingerprint density at radius 2 is 2.12 bits per heavy atom. The average molecular weight is 329 g/mol. The minimum Gasteiger partial charge on any atom is -0.496 e. The lowest BCUT2D eigenvalue weighted by atomic mass is 10.0. The summed E-state index contributed by atoms with van der Waals surface area (Å²) in [4.78, 5) is 4.29.